The standard InChI is InChI=1S/C9H17NO/c1-7(2)10-3-8(4-10)9-5-11-6-9/h7-9H,3-6H2,1-2H3. The molecule has 2 aliphatic rings. The first-order chi connectivity index (χ1) is 5.27. The molecule has 0 amide bonds. The van der Waals surface area contributed by atoms with E-state index in [4.69, 9.17) is 4.74 Å². The lowest BCUT2D eigenvalue weighted by atomic mass is 9.84. The van der Waals surface area contributed by atoms with Crippen LogP contribution < -0.4 is 0 Å². The first-order valence-corrected chi connectivity index (χ1v) is 4.59. The zero-order valence-electron chi connectivity index (χ0n) is 7.42. The lowest BCUT2D eigenvalue weighted by Crippen LogP contribution is -2.56. The van der Waals surface area contributed by atoms with E-state index in [1.54, 1.807) is 0 Å². The molecule has 2 heteroatoms. The molecule has 0 aromatic carbocycles. The highest BCUT2D eigenvalue weighted by atomic mass is 16.5. The number of nitrogens with zero attached hydrogens (tertiary/aromatic N) is 1. The molecule has 0 spiro atoms. The monoisotopic (exact) mass is 155 g/mol. The molecule has 0 bridgehead atoms. The van der Waals surface area contributed by atoms with Gasteiger partial charge in [0.15, 0.2) is 0 Å². The summed E-state index contributed by atoms with van der Waals surface area (Å²) in [6.07, 6.45) is 0. The Bertz CT molecular complexity index is 136. The minimum Gasteiger partial charge on any atom is -0.381 e. The van der Waals surface area contributed by atoms with Crippen LogP contribution in [-0.2, 0) is 4.74 Å². The van der Waals surface area contributed by atoms with Crippen molar-refractivity contribution in [2.75, 3.05) is 26.3 Å². The highest BCUT2D eigenvalue weighted by Crippen LogP contribution is 2.29. The van der Waals surface area contributed by atoms with Gasteiger partial charge in [-0.15, -0.1) is 0 Å². The maximum atomic E-state index is 5.17. The van der Waals surface area contributed by atoms with Crippen LogP contribution in [0.4, 0.5) is 0 Å². The van der Waals surface area contributed by atoms with Crippen LogP contribution in [0.25, 0.3) is 0 Å². The van der Waals surface area contributed by atoms with Crippen LogP contribution in [-0.4, -0.2) is 37.2 Å². The molecule has 0 radical (unpaired) electrons. The molecule has 64 valence electrons. The Morgan fingerprint density at radius 3 is 2.18 bits per heavy atom. The van der Waals surface area contributed by atoms with Crippen LogP contribution in [0.15, 0.2) is 0 Å². The maximum absolute atomic E-state index is 5.17. The summed E-state index contributed by atoms with van der Waals surface area (Å²) in [4.78, 5) is 2.53. The SMILES string of the molecule is CC(C)N1CC(C2COC2)C1. The van der Waals surface area contributed by atoms with Crippen molar-refractivity contribution in [1.29, 1.82) is 0 Å². The van der Waals surface area contributed by atoms with Gasteiger partial charge in [0, 0.05) is 25.0 Å². The van der Waals surface area contributed by atoms with E-state index >= 15 is 0 Å². The molecule has 0 aromatic heterocycles. The smallest absolute Gasteiger partial charge is 0.0520 e. The van der Waals surface area contributed by atoms with Crippen molar-refractivity contribution in [3.63, 3.8) is 0 Å². The predicted molar refractivity (Wildman–Crippen MR) is 44.5 cm³/mol. The largest absolute Gasteiger partial charge is 0.381 e. The van der Waals surface area contributed by atoms with Gasteiger partial charge in [0.05, 0.1) is 13.2 Å². The van der Waals surface area contributed by atoms with E-state index < -0.39 is 0 Å². The fourth-order valence-electron chi connectivity index (χ4n) is 1.79. The summed E-state index contributed by atoms with van der Waals surface area (Å²) in [5.41, 5.74) is 0. The molecule has 0 aromatic rings. The third kappa shape index (κ3) is 1.30. The Labute approximate surface area is 68.5 Å². The molecule has 0 unspecified atom stereocenters. The topological polar surface area (TPSA) is 12.5 Å². The molecule has 0 saturated carbocycles. The van der Waals surface area contributed by atoms with Gasteiger partial charge in [-0.1, -0.05) is 0 Å². The Hall–Kier alpha value is -0.0800. The summed E-state index contributed by atoms with van der Waals surface area (Å²) in [5, 5.41) is 0. The minimum atomic E-state index is 0.743. The van der Waals surface area contributed by atoms with E-state index in [9.17, 15) is 0 Å². The molecule has 2 rings (SSSR count). The van der Waals surface area contributed by atoms with Crippen LogP contribution in [0.2, 0.25) is 0 Å². The average Bonchev–Trinajstić information content (AvgIpc) is 1.70. The van der Waals surface area contributed by atoms with Crippen molar-refractivity contribution in [2.45, 2.75) is 19.9 Å². The molecule has 11 heavy (non-hydrogen) atoms. The molecule has 0 atom stereocenters. The molecule has 2 fully saturated rings. The van der Waals surface area contributed by atoms with Gasteiger partial charge >= 0.3 is 0 Å². The van der Waals surface area contributed by atoms with Gasteiger partial charge < -0.3 is 9.64 Å². The van der Waals surface area contributed by atoms with E-state index in [2.05, 4.69) is 18.7 Å². The molecule has 2 nitrogen and oxygen atoms in total. The third-order valence-electron chi connectivity index (χ3n) is 3.00. The Morgan fingerprint density at radius 2 is 1.82 bits per heavy atom. The molecule has 2 saturated heterocycles. The van der Waals surface area contributed by atoms with E-state index in [1.165, 1.54) is 13.1 Å². The molecular formula is C9H17NO. The second-order valence-corrected chi connectivity index (χ2v) is 4.11. The van der Waals surface area contributed by atoms with Gasteiger partial charge in [-0.2, -0.15) is 0 Å². The molecule has 0 N–H and O–H groups in total. The van der Waals surface area contributed by atoms with Crippen molar-refractivity contribution in [3.05, 3.63) is 0 Å². The van der Waals surface area contributed by atoms with Crippen LogP contribution >= 0.6 is 0 Å². The van der Waals surface area contributed by atoms with E-state index in [0.717, 1.165) is 31.1 Å². The third-order valence-corrected chi connectivity index (χ3v) is 3.00. The molecule has 2 heterocycles. The van der Waals surface area contributed by atoms with Crippen molar-refractivity contribution < 1.29 is 4.74 Å². The van der Waals surface area contributed by atoms with Crippen molar-refractivity contribution in [2.24, 2.45) is 11.8 Å². The fourth-order valence-corrected chi connectivity index (χ4v) is 1.79. The number of hydrogen-bond donors (Lipinski definition) is 0. The Morgan fingerprint density at radius 1 is 1.18 bits per heavy atom. The van der Waals surface area contributed by atoms with Crippen LogP contribution in [0.1, 0.15) is 13.8 Å². The summed E-state index contributed by atoms with van der Waals surface area (Å²) in [5.74, 6) is 1.84. The first-order valence-electron chi connectivity index (χ1n) is 4.59. The molecule has 2 aliphatic heterocycles. The summed E-state index contributed by atoms with van der Waals surface area (Å²) in [6.45, 7) is 9.21. The number of rotatable bonds is 2. The Kier molecular flexibility index (Phi) is 1.90. The lowest BCUT2D eigenvalue weighted by Gasteiger charge is -2.48. The molecular weight excluding hydrogens is 138 g/mol. The number of ether oxygens (including phenoxy) is 1. The van der Waals surface area contributed by atoms with Gasteiger partial charge in [0.25, 0.3) is 0 Å². The second-order valence-electron chi connectivity index (χ2n) is 4.11. The van der Waals surface area contributed by atoms with Crippen LogP contribution in [0.5, 0.6) is 0 Å². The summed E-state index contributed by atoms with van der Waals surface area (Å²) >= 11 is 0. The summed E-state index contributed by atoms with van der Waals surface area (Å²) < 4.78 is 5.17. The van der Waals surface area contributed by atoms with Gasteiger partial charge in [-0.05, 0) is 19.8 Å². The normalized spacial score (nSPS) is 28.6. The van der Waals surface area contributed by atoms with Crippen molar-refractivity contribution in [3.8, 4) is 0 Å². The van der Waals surface area contributed by atoms with Gasteiger partial charge in [-0.3, -0.25) is 0 Å². The average molecular weight is 155 g/mol. The molecule has 0 aliphatic carbocycles. The van der Waals surface area contributed by atoms with Gasteiger partial charge in [-0.25, -0.2) is 0 Å². The minimum absolute atomic E-state index is 0.743. The lowest BCUT2D eigenvalue weighted by molar-refractivity contribution is -0.103. The highest BCUT2D eigenvalue weighted by Gasteiger charge is 2.37. The predicted octanol–water partition coefficient (Wildman–Crippen LogP) is 0.973. The zero-order valence-corrected chi connectivity index (χ0v) is 7.42. The van der Waals surface area contributed by atoms with Gasteiger partial charge in [0.1, 0.15) is 0 Å². The van der Waals surface area contributed by atoms with E-state index in [0.29, 0.717) is 0 Å². The van der Waals surface area contributed by atoms with Crippen molar-refractivity contribution >= 4 is 0 Å². The quantitative estimate of drug-likeness (QED) is 0.589. The summed E-state index contributed by atoms with van der Waals surface area (Å²) in [7, 11) is 0. The number of likely N-dealkylation sites (tertiary alicyclic amines) is 1. The Balaban J connectivity index is 1.70. The van der Waals surface area contributed by atoms with Crippen molar-refractivity contribution in [1.82, 2.24) is 4.90 Å². The summed E-state index contributed by atoms with van der Waals surface area (Å²) in [6, 6.07) is 0.743. The first kappa shape index (κ1) is 7.56. The maximum Gasteiger partial charge on any atom is 0.0520 e. The van der Waals surface area contributed by atoms with Crippen LogP contribution in [0, 0.1) is 11.8 Å². The number of hydrogen-bond acceptors (Lipinski definition) is 2. The fraction of sp³-hybridized carbons (Fsp3) is 1.00. The van der Waals surface area contributed by atoms with Gasteiger partial charge in [0.2, 0.25) is 0 Å². The van der Waals surface area contributed by atoms with E-state index in [-0.39, 0.29) is 0 Å². The van der Waals surface area contributed by atoms with E-state index in [1.807, 2.05) is 0 Å². The second kappa shape index (κ2) is 2.76. The highest BCUT2D eigenvalue weighted by molar-refractivity contribution is 4.88. The van der Waals surface area contributed by atoms with Crippen LogP contribution in [0.3, 0.4) is 0 Å². The zero-order chi connectivity index (χ0) is 7.84.